The highest BCUT2D eigenvalue weighted by Gasteiger charge is 2.03. The standard InChI is InChI=1S/C11H13NO4/c1-16-7-10(13)12-6-8-2-4-9(5-3-8)11(14)15/h2-5H,6-7H2,1H3,(H,12,13)(H,14,15). The molecule has 0 aliphatic carbocycles. The molecule has 0 saturated carbocycles. The average Bonchev–Trinajstić information content (AvgIpc) is 2.27. The first-order valence-electron chi connectivity index (χ1n) is 4.71. The topological polar surface area (TPSA) is 75.6 Å². The number of carboxylic acid groups (broad SMARTS) is 1. The van der Waals surface area contributed by atoms with E-state index >= 15 is 0 Å². The third kappa shape index (κ3) is 3.70. The molecule has 0 radical (unpaired) electrons. The number of hydrogen-bond acceptors (Lipinski definition) is 3. The van der Waals surface area contributed by atoms with Crippen LogP contribution in [-0.4, -0.2) is 30.7 Å². The van der Waals surface area contributed by atoms with Crippen molar-refractivity contribution in [3.63, 3.8) is 0 Å². The molecule has 16 heavy (non-hydrogen) atoms. The van der Waals surface area contributed by atoms with Crippen LogP contribution in [-0.2, 0) is 16.1 Å². The fourth-order valence-electron chi connectivity index (χ4n) is 1.15. The number of rotatable bonds is 5. The molecule has 0 aliphatic rings. The van der Waals surface area contributed by atoms with Gasteiger partial charge in [-0.3, -0.25) is 4.79 Å². The summed E-state index contributed by atoms with van der Waals surface area (Å²) in [6, 6.07) is 6.33. The molecule has 0 saturated heterocycles. The number of ether oxygens (including phenoxy) is 1. The van der Waals surface area contributed by atoms with E-state index in [9.17, 15) is 9.59 Å². The molecular formula is C11H13NO4. The molecule has 2 N–H and O–H groups in total. The van der Waals surface area contributed by atoms with Gasteiger partial charge in [0.2, 0.25) is 5.91 Å². The molecule has 1 aromatic carbocycles. The van der Waals surface area contributed by atoms with Crippen LogP contribution in [0, 0.1) is 0 Å². The van der Waals surface area contributed by atoms with Gasteiger partial charge in [-0.25, -0.2) is 4.79 Å². The Morgan fingerprint density at radius 2 is 1.94 bits per heavy atom. The van der Waals surface area contributed by atoms with Crippen LogP contribution >= 0.6 is 0 Å². The van der Waals surface area contributed by atoms with Gasteiger partial charge >= 0.3 is 5.97 Å². The van der Waals surface area contributed by atoms with Crippen molar-refractivity contribution in [2.45, 2.75) is 6.54 Å². The van der Waals surface area contributed by atoms with Crippen LogP contribution in [0.2, 0.25) is 0 Å². The molecule has 1 rings (SSSR count). The number of aromatic carboxylic acids is 1. The number of hydrogen-bond donors (Lipinski definition) is 2. The molecule has 1 amide bonds. The minimum atomic E-state index is -0.963. The summed E-state index contributed by atoms with van der Waals surface area (Å²) in [5.41, 5.74) is 1.07. The highest BCUT2D eigenvalue weighted by atomic mass is 16.5. The zero-order valence-corrected chi connectivity index (χ0v) is 8.90. The van der Waals surface area contributed by atoms with Crippen LogP contribution in [0.3, 0.4) is 0 Å². The quantitative estimate of drug-likeness (QED) is 0.768. The minimum Gasteiger partial charge on any atom is -0.478 e. The van der Waals surface area contributed by atoms with E-state index in [-0.39, 0.29) is 18.1 Å². The zero-order chi connectivity index (χ0) is 12.0. The first kappa shape index (κ1) is 12.2. The molecular weight excluding hydrogens is 210 g/mol. The Bertz CT molecular complexity index is 372. The van der Waals surface area contributed by atoms with E-state index in [1.54, 1.807) is 12.1 Å². The molecule has 0 aliphatic heterocycles. The zero-order valence-electron chi connectivity index (χ0n) is 8.90. The summed E-state index contributed by atoms with van der Waals surface area (Å²) in [6.45, 7) is 0.384. The number of nitrogens with one attached hydrogen (secondary N) is 1. The van der Waals surface area contributed by atoms with Crippen LogP contribution in [0.15, 0.2) is 24.3 Å². The molecule has 5 nitrogen and oxygen atoms in total. The van der Waals surface area contributed by atoms with Gasteiger partial charge in [0, 0.05) is 13.7 Å². The van der Waals surface area contributed by atoms with Crippen molar-refractivity contribution in [1.29, 1.82) is 0 Å². The Labute approximate surface area is 93.0 Å². The lowest BCUT2D eigenvalue weighted by Crippen LogP contribution is -2.26. The molecule has 0 spiro atoms. The molecule has 0 heterocycles. The number of carbonyl (C=O) groups excluding carboxylic acids is 1. The van der Waals surface area contributed by atoms with E-state index in [1.807, 2.05) is 0 Å². The van der Waals surface area contributed by atoms with Crippen molar-refractivity contribution in [2.24, 2.45) is 0 Å². The second-order valence-corrected chi connectivity index (χ2v) is 3.21. The fourth-order valence-corrected chi connectivity index (χ4v) is 1.15. The summed E-state index contributed by atoms with van der Waals surface area (Å²) >= 11 is 0. The van der Waals surface area contributed by atoms with Gasteiger partial charge in [-0.05, 0) is 17.7 Å². The van der Waals surface area contributed by atoms with Crippen molar-refractivity contribution in [3.8, 4) is 0 Å². The Kier molecular flexibility index (Phi) is 4.47. The summed E-state index contributed by atoms with van der Waals surface area (Å²) in [4.78, 5) is 21.6. The van der Waals surface area contributed by atoms with Crippen molar-refractivity contribution in [3.05, 3.63) is 35.4 Å². The SMILES string of the molecule is COCC(=O)NCc1ccc(C(=O)O)cc1. The Morgan fingerprint density at radius 3 is 2.44 bits per heavy atom. The van der Waals surface area contributed by atoms with Gasteiger partial charge in [0.25, 0.3) is 0 Å². The van der Waals surface area contributed by atoms with Crippen LogP contribution in [0.4, 0.5) is 0 Å². The fraction of sp³-hybridized carbons (Fsp3) is 0.273. The Morgan fingerprint density at radius 1 is 1.31 bits per heavy atom. The molecule has 0 fully saturated rings. The molecule has 0 aromatic heterocycles. The van der Waals surface area contributed by atoms with Crippen molar-refractivity contribution in [2.75, 3.05) is 13.7 Å². The van der Waals surface area contributed by atoms with Gasteiger partial charge in [-0.1, -0.05) is 12.1 Å². The molecule has 1 aromatic rings. The van der Waals surface area contributed by atoms with Crippen molar-refractivity contribution >= 4 is 11.9 Å². The first-order chi connectivity index (χ1) is 7.63. The predicted molar refractivity (Wildman–Crippen MR) is 57.1 cm³/mol. The lowest BCUT2D eigenvalue weighted by atomic mass is 10.1. The lowest BCUT2D eigenvalue weighted by molar-refractivity contribution is -0.124. The van der Waals surface area contributed by atoms with E-state index in [2.05, 4.69) is 10.1 Å². The summed E-state index contributed by atoms with van der Waals surface area (Å²) < 4.78 is 4.65. The van der Waals surface area contributed by atoms with Crippen LogP contribution in [0.1, 0.15) is 15.9 Å². The minimum absolute atomic E-state index is 0.0210. The highest BCUT2D eigenvalue weighted by molar-refractivity contribution is 5.87. The number of amides is 1. The molecule has 0 atom stereocenters. The monoisotopic (exact) mass is 223 g/mol. The maximum Gasteiger partial charge on any atom is 0.335 e. The molecule has 86 valence electrons. The van der Waals surface area contributed by atoms with Gasteiger partial charge in [-0.2, -0.15) is 0 Å². The largest absolute Gasteiger partial charge is 0.478 e. The third-order valence-corrected chi connectivity index (χ3v) is 1.97. The van der Waals surface area contributed by atoms with Gasteiger partial charge in [0.15, 0.2) is 0 Å². The number of carbonyl (C=O) groups is 2. The van der Waals surface area contributed by atoms with E-state index in [1.165, 1.54) is 19.2 Å². The predicted octanol–water partition coefficient (Wildman–Crippen LogP) is 0.647. The summed E-state index contributed by atoms with van der Waals surface area (Å²) in [5, 5.41) is 11.3. The maximum absolute atomic E-state index is 11.1. The molecule has 0 bridgehead atoms. The first-order valence-corrected chi connectivity index (χ1v) is 4.71. The Balaban J connectivity index is 2.49. The van der Waals surface area contributed by atoms with E-state index < -0.39 is 5.97 Å². The summed E-state index contributed by atoms with van der Waals surface area (Å²) in [7, 11) is 1.45. The second-order valence-electron chi connectivity index (χ2n) is 3.21. The normalized spacial score (nSPS) is 9.81. The number of benzene rings is 1. The molecule has 5 heteroatoms. The third-order valence-electron chi connectivity index (χ3n) is 1.97. The highest BCUT2D eigenvalue weighted by Crippen LogP contribution is 2.03. The van der Waals surface area contributed by atoms with Crippen LogP contribution < -0.4 is 5.32 Å². The Hall–Kier alpha value is -1.88. The van der Waals surface area contributed by atoms with E-state index in [4.69, 9.17) is 5.11 Å². The van der Waals surface area contributed by atoms with E-state index in [0.717, 1.165) is 5.56 Å². The van der Waals surface area contributed by atoms with Crippen LogP contribution in [0.25, 0.3) is 0 Å². The molecule has 0 unspecified atom stereocenters. The van der Waals surface area contributed by atoms with Gasteiger partial charge in [0.05, 0.1) is 5.56 Å². The average molecular weight is 223 g/mol. The summed E-state index contributed by atoms with van der Waals surface area (Å²) in [6.07, 6.45) is 0. The lowest BCUT2D eigenvalue weighted by Gasteiger charge is -2.04. The van der Waals surface area contributed by atoms with Gasteiger partial charge in [-0.15, -0.1) is 0 Å². The number of carboxylic acids is 1. The van der Waals surface area contributed by atoms with E-state index in [0.29, 0.717) is 6.54 Å². The van der Waals surface area contributed by atoms with Gasteiger partial charge in [0.1, 0.15) is 6.61 Å². The number of methoxy groups -OCH3 is 1. The second kappa shape index (κ2) is 5.87. The van der Waals surface area contributed by atoms with Crippen LogP contribution in [0.5, 0.6) is 0 Å². The summed E-state index contributed by atoms with van der Waals surface area (Å²) in [5.74, 6) is -1.17. The smallest absolute Gasteiger partial charge is 0.335 e. The van der Waals surface area contributed by atoms with Crippen molar-refractivity contribution in [1.82, 2.24) is 5.32 Å². The van der Waals surface area contributed by atoms with Crippen molar-refractivity contribution < 1.29 is 19.4 Å². The van der Waals surface area contributed by atoms with Gasteiger partial charge < -0.3 is 15.2 Å². The maximum atomic E-state index is 11.1.